The van der Waals surface area contributed by atoms with Gasteiger partial charge in [0, 0.05) is 12.2 Å². The molecule has 1 fully saturated rings. The van der Waals surface area contributed by atoms with E-state index in [1.807, 2.05) is 61.5 Å². The molecule has 0 aliphatic carbocycles. The summed E-state index contributed by atoms with van der Waals surface area (Å²) in [4.78, 5) is 25.2. The van der Waals surface area contributed by atoms with Crippen LogP contribution in [-0.2, 0) is 11.3 Å². The van der Waals surface area contributed by atoms with Crippen LogP contribution in [0.15, 0.2) is 54.6 Å². The van der Waals surface area contributed by atoms with Crippen molar-refractivity contribution in [2.75, 3.05) is 18.5 Å². The maximum atomic E-state index is 12.1. The third-order valence-corrected chi connectivity index (χ3v) is 4.08. The van der Waals surface area contributed by atoms with Gasteiger partial charge in [0.15, 0.2) is 0 Å². The molecule has 3 amide bonds. The van der Waals surface area contributed by atoms with Crippen LogP contribution in [-0.4, -0.2) is 30.2 Å². The van der Waals surface area contributed by atoms with Gasteiger partial charge < -0.3 is 20.3 Å². The first-order valence-corrected chi connectivity index (χ1v) is 8.25. The summed E-state index contributed by atoms with van der Waals surface area (Å²) in [6.45, 7) is 3.50. The standard InChI is InChI=1S/C19H21N3O3/c1-14(16-5-3-2-4-6-16)20-18(23)21-17-9-7-15(8-10-17)13-22-11-12-25-19(22)24/h2-10,14H,11-13H2,1H3,(H2,20,21,23)/t14-/m0/s1. The lowest BCUT2D eigenvalue weighted by Crippen LogP contribution is -2.31. The van der Waals surface area contributed by atoms with E-state index in [9.17, 15) is 9.59 Å². The van der Waals surface area contributed by atoms with Crippen LogP contribution in [0.1, 0.15) is 24.1 Å². The predicted molar refractivity (Wildman–Crippen MR) is 95.2 cm³/mol. The summed E-state index contributed by atoms with van der Waals surface area (Å²) in [7, 11) is 0. The molecule has 1 saturated heterocycles. The number of cyclic esters (lactones) is 1. The summed E-state index contributed by atoms with van der Waals surface area (Å²) in [5.41, 5.74) is 2.73. The van der Waals surface area contributed by atoms with Crippen LogP contribution in [0, 0.1) is 0 Å². The number of carbonyl (C=O) groups excluding carboxylic acids is 2. The molecule has 1 atom stereocenters. The molecule has 1 aliphatic heterocycles. The van der Waals surface area contributed by atoms with Gasteiger partial charge in [-0.3, -0.25) is 0 Å². The van der Waals surface area contributed by atoms with E-state index in [1.54, 1.807) is 4.90 Å². The highest BCUT2D eigenvalue weighted by atomic mass is 16.6. The SMILES string of the molecule is C[C@H](NC(=O)Nc1ccc(CN2CCOC2=O)cc1)c1ccccc1. The Morgan fingerprint density at radius 3 is 2.52 bits per heavy atom. The molecule has 6 heteroatoms. The van der Waals surface area contributed by atoms with Crippen molar-refractivity contribution < 1.29 is 14.3 Å². The summed E-state index contributed by atoms with van der Waals surface area (Å²) in [5, 5.41) is 5.72. The Balaban J connectivity index is 1.52. The molecule has 0 radical (unpaired) electrons. The second-order valence-electron chi connectivity index (χ2n) is 5.96. The minimum Gasteiger partial charge on any atom is -0.448 e. The molecule has 2 aromatic rings. The van der Waals surface area contributed by atoms with Crippen molar-refractivity contribution in [3.8, 4) is 0 Å². The normalized spacial score (nSPS) is 14.8. The van der Waals surface area contributed by atoms with Gasteiger partial charge in [-0.1, -0.05) is 42.5 Å². The fourth-order valence-corrected chi connectivity index (χ4v) is 2.67. The maximum absolute atomic E-state index is 12.1. The summed E-state index contributed by atoms with van der Waals surface area (Å²) < 4.78 is 4.91. The van der Waals surface area contributed by atoms with Gasteiger partial charge >= 0.3 is 12.1 Å². The van der Waals surface area contributed by atoms with Crippen molar-refractivity contribution >= 4 is 17.8 Å². The number of benzene rings is 2. The lowest BCUT2D eigenvalue weighted by Gasteiger charge is -2.16. The Kier molecular flexibility index (Phi) is 5.18. The summed E-state index contributed by atoms with van der Waals surface area (Å²) >= 11 is 0. The molecule has 0 spiro atoms. The van der Waals surface area contributed by atoms with Crippen LogP contribution >= 0.6 is 0 Å². The van der Waals surface area contributed by atoms with Gasteiger partial charge in [0.2, 0.25) is 0 Å². The van der Waals surface area contributed by atoms with E-state index in [0.717, 1.165) is 11.1 Å². The number of hydrogen-bond donors (Lipinski definition) is 2. The first-order valence-electron chi connectivity index (χ1n) is 8.25. The molecule has 2 aromatic carbocycles. The van der Waals surface area contributed by atoms with Crippen LogP contribution in [0.4, 0.5) is 15.3 Å². The van der Waals surface area contributed by atoms with Crippen molar-refractivity contribution in [3.63, 3.8) is 0 Å². The van der Waals surface area contributed by atoms with E-state index >= 15 is 0 Å². The van der Waals surface area contributed by atoms with Crippen LogP contribution in [0.3, 0.4) is 0 Å². The van der Waals surface area contributed by atoms with Crippen LogP contribution < -0.4 is 10.6 Å². The molecule has 2 N–H and O–H groups in total. The number of anilines is 1. The van der Waals surface area contributed by atoms with Gasteiger partial charge in [-0.2, -0.15) is 0 Å². The second-order valence-corrected chi connectivity index (χ2v) is 5.96. The zero-order chi connectivity index (χ0) is 17.6. The summed E-state index contributed by atoms with van der Waals surface area (Å²) in [6.07, 6.45) is -0.281. The lowest BCUT2D eigenvalue weighted by atomic mass is 10.1. The van der Waals surface area contributed by atoms with Crippen molar-refractivity contribution in [1.29, 1.82) is 0 Å². The molecule has 1 heterocycles. The van der Waals surface area contributed by atoms with Crippen LogP contribution in [0.25, 0.3) is 0 Å². The highest BCUT2D eigenvalue weighted by Crippen LogP contribution is 2.15. The Morgan fingerprint density at radius 1 is 1.16 bits per heavy atom. The van der Waals surface area contributed by atoms with Crippen LogP contribution in [0.5, 0.6) is 0 Å². The monoisotopic (exact) mass is 339 g/mol. The number of amides is 3. The molecule has 3 rings (SSSR count). The molecule has 0 aromatic heterocycles. The first kappa shape index (κ1) is 16.8. The third kappa shape index (κ3) is 4.50. The Bertz CT molecular complexity index is 731. The van der Waals surface area contributed by atoms with E-state index in [2.05, 4.69) is 10.6 Å². The number of nitrogens with one attached hydrogen (secondary N) is 2. The van der Waals surface area contributed by atoms with E-state index in [-0.39, 0.29) is 18.2 Å². The number of nitrogens with zero attached hydrogens (tertiary/aromatic N) is 1. The van der Waals surface area contributed by atoms with Crippen LogP contribution in [0.2, 0.25) is 0 Å². The average Bonchev–Trinajstić information content (AvgIpc) is 3.02. The molecule has 0 bridgehead atoms. The van der Waals surface area contributed by atoms with Gasteiger partial charge in [0.25, 0.3) is 0 Å². The minimum atomic E-state index is -0.281. The molecular weight excluding hydrogens is 318 g/mol. The Morgan fingerprint density at radius 2 is 1.88 bits per heavy atom. The smallest absolute Gasteiger partial charge is 0.410 e. The molecule has 130 valence electrons. The number of urea groups is 1. The highest BCUT2D eigenvalue weighted by Gasteiger charge is 2.21. The van der Waals surface area contributed by atoms with E-state index in [4.69, 9.17) is 4.74 Å². The average molecular weight is 339 g/mol. The topological polar surface area (TPSA) is 70.7 Å². The molecular formula is C19H21N3O3. The number of hydrogen-bond acceptors (Lipinski definition) is 3. The van der Waals surface area contributed by atoms with E-state index in [0.29, 0.717) is 25.4 Å². The zero-order valence-electron chi connectivity index (χ0n) is 14.1. The number of rotatable bonds is 5. The van der Waals surface area contributed by atoms with Crippen molar-refractivity contribution in [2.24, 2.45) is 0 Å². The zero-order valence-corrected chi connectivity index (χ0v) is 14.1. The maximum Gasteiger partial charge on any atom is 0.410 e. The number of carbonyl (C=O) groups is 2. The molecule has 6 nitrogen and oxygen atoms in total. The Hall–Kier alpha value is -3.02. The number of ether oxygens (including phenoxy) is 1. The second kappa shape index (κ2) is 7.70. The first-order chi connectivity index (χ1) is 12.1. The largest absolute Gasteiger partial charge is 0.448 e. The van der Waals surface area contributed by atoms with Gasteiger partial charge in [0.05, 0.1) is 12.6 Å². The fraction of sp³-hybridized carbons (Fsp3) is 0.263. The molecule has 0 saturated carbocycles. The molecule has 25 heavy (non-hydrogen) atoms. The molecule has 0 unspecified atom stereocenters. The van der Waals surface area contributed by atoms with Gasteiger partial charge in [-0.15, -0.1) is 0 Å². The van der Waals surface area contributed by atoms with Gasteiger partial charge in [0.1, 0.15) is 6.61 Å². The van der Waals surface area contributed by atoms with E-state index in [1.165, 1.54) is 0 Å². The quantitative estimate of drug-likeness (QED) is 0.875. The Labute approximate surface area is 146 Å². The summed E-state index contributed by atoms with van der Waals surface area (Å²) in [6, 6.07) is 16.9. The lowest BCUT2D eigenvalue weighted by molar-refractivity contribution is 0.157. The van der Waals surface area contributed by atoms with Crippen molar-refractivity contribution in [3.05, 3.63) is 65.7 Å². The van der Waals surface area contributed by atoms with Gasteiger partial charge in [-0.25, -0.2) is 9.59 Å². The van der Waals surface area contributed by atoms with Crippen molar-refractivity contribution in [2.45, 2.75) is 19.5 Å². The summed E-state index contributed by atoms with van der Waals surface area (Å²) in [5.74, 6) is 0. The van der Waals surface area contributed by atoms with Crippen molar-refractivity contribution in [1.82, 2.24) is 10.2 Å². The predicted octanol–water partition coefficient (Wildman–Crippen LogP) is 3.52. The van der Waals surface area contributed by atoms with E-state index < -0.39 is 0 Å². The third-order valence-electron chi connectivity index (χ3n) is 4.08. The highest BCUT2D eigenvalue weighted by molar-refractivity contribution is 5.89. The molecule has 1 aliphatic rings. The van der Waals surface area contributed by atoms with Gasteiger partial charge in [-0.05, 0) is 30.2 Å². The fourth-order valence-electron chi connectivity index (χ4n) is 2.67. The minimum absolute atomic E-state index is 0.0818.